The van der Waals surface area contributed by atoms with Crippen molar-refractivity contribution in [2.45, 2.75) is 42.9 Å². The van der Waals surface area contributed by atoms with Crippen molar-refractivity contribution in [2.24, 2.45) is 0 Å². The molecule has 1 unspecified atom stereocenters. The average molecular weight is 433 g/mol. The molecule has 1 aliphatic rings. The molecular formula is C18H25FN2O5S2. The molecule has 1 atom stereocenters. The Labute approximate surface area is 169 Å². The van der Waals surface area contributed by atoms with Crippen LogP contribution in [0.3, 0.4) is 0 Å². The molecule has 1 aromatic carbocycles. The highest BCUT2D eigenvalue weighted by Crippen LogP contribution is 2.25. The van der Waals surface area contributed by atoms with Gasteiger partial charge in [-0.25, -0.2) is 17.6 Å². The number of hydrogen-bond donors (Lipinski definition) is 1. The summed E-state index contributed by atoms with van der Waals surface area (Å²) in [5, 5.41) is 2.10. The van der Waals surface area contributed by atoms with Crippen LogP contribution in [0.15, 0.2) is 29.2 Å². The lowest BCUT2D eigenvalue weighted by atomic mass is 10.1. The molecule has 0 bridgehead atoms. The summed E-state index contributed by atoms with van der Waals surface area (Å²) in [6.07, 6.45) is -0.416. The fourth-order valence-electron chi connectivity index (χ4n) is 2.56. The minimum atomic E-state index is -3.79. The lowest BCUT2D eigenvalue weighted by Crippen LogP contribution is -2.46. The van der Waals surface area contributed by atoms with Crippen LogP contribution in [0.25, 0.3) is 0 Å². The maximum atomic E-state index is 13.1. The summed E-state index contributed by atoms with van der Waals surface area (Å²) in [5.41, 5.74) is -0.591. The molecule has 1 amide bonds. The molecule has 1 fully saturated rings. The second-order valence-electron chi connectivity index (χ2n) is 7.32. The van der Waals surface area contributed by atoms with Crippen LogP contribution in [0.1, 0.15) is 27.2 Å². The minimum absolute atomic E-state index is 0.00130. The highest BCUT2D eigenvalue weighted by molar-refractivity contribution is 8.00. The molecule has 10 heteroatoms. The lowest BCUT2D eigenvalue weighted by Gasteiger charge is -2.30. The normalized spacial score (nSPS) is 18.7. The summed E-state index contributed by atoms with van der Waals surface area (Å²) in [7, 11) is -3.79. The summed E-state index contributed by atoms with van der Waals surface area (Å²) in [6.45, 7) is 5.74. The molecule has 1 N–H and O–H groups in total. The highest BCUT2D eigenvalue weighted by Gasteiger charge is 2.34. The number of piperidine rings is 1. The van der Waals surface area contributed by atoms with Crippen LogP contribution in [0.4, 0.5) is 9.18 Å². The van der Waals surface area contributed by atoms with Gasteiger partial charge in [0.25, 0.3) is 0 Å². The highest BCUT2D eigenvalue weighted by atomic mass is 32.2. The summed E-state index contributed by atoms with van der Waals surface area (Å²) in [5.74, 6) is -0.0911. The molecule has 0 saturated carbocycles. The van der Waals surface area contributed by atoms with Gasteiger partial charge in [0.05, 0.1) is 10.1 Å². The topological polar surface area (TPSA) is 92.8 Å². The molecule has 0 radical (unpaired) electrons. The van der Waals surface area contributed by atoms with Crippen molar-refractivity contribution < 1.29 is 27.1 Å². The number of sulfonamides is 1. The smallest absolute Gasteiger partial charge is 0.407 e. The zero-order chi connectivity index (χ0) is 20.9. The molecule has 1 aromatic rings. The number of Topliss-reactive ketones (excluding diaryl/α,β-unsaturated/α-hetero) is 1. The van der Waals surface area contributed by atoms with Crippen LogP contribution in [-0.2, 0) is 19.6 Å². The Morgan fingerprint density at radius 2 is 1.96 bits per heavy atom. The number of rotatable bonds is 6. The first-order chi connectivity index (χ1) is 13.0. The number of nitrogens with one attached hydrogen (secondary N) is 1. The third-order valence-corrected chi connectivity index (χ3v) is 7.01. The standard InChI is InChI=1S/C18H25FN2O5S2/c1-18(2,3)26-17(23)20-9-11-27-16-12-21(10-8-15(16)22)28(24,25)14-6-4-13(19)5-7-14/h4-7,16H,8-12H2,1-3H3,(H,20,23). The largest absolute Gasteiger partial charge is 0.444 e. The van der Waals surface area contributed by atoms with E-state index in [0.717, 1.165) is 12.1 Å². The van der Waals surface area contributed by atoms with Crippen LogP contribution < -0.4 is 5.32 Å². The number of nitrogens with zero attached hydrogens (tertiary/aromatic N) is 1. The van der Waals surface area contributed by atoms with Gasteiger partial charge >= 0.3 is 6.09 Å². The quantitative estimate of drug-likeness (QED) is 0.694. The molecule has 0 aromatic heterocycles. The molecule has 0 spiro atoms. The van der Waals surface area contributed by atoms with Crippen LogP contribution in [0.2, 0.25) is 0 Å². The Kier molecular flexibility index (Phi) is 7.46. The lowest BCUT2D eigenvalue weighted by molar-refractivity contribution is -0.120. The molecule has 1 saturated heterocycles. The van der Waals surface area contributed by atoms with Gasteiger partial charge in [-0.3, -0.25) is 4.79 Å². The second kappa shape index (κ2) is 9.23. The number of ether oxygens (including phenoxy) is 1. The summed E-state index contributed by atoms with van der Waals surface area (Å²) >= 11 is 1.30. The molecule has 1 heterocycles. The van der Waals surface area contributed by atoms with Gasteiger partial charge < -0.3 is 10.1 Å². The van der Waals surface area contributed by atoms with Gasteiger partial charge in [0.15, 0.2) is 0 Å². The fraction of sp³-hybridized carbons (Fsp3) is 0.556. The molecule has 0 aliphatic carbocycles. The van der Waals surface area contributed by atoms with Gasteiger partial charge in [0.2, 0.25) is 10.0 Å². The van der Waals surface area contributed by atoms with E-state index in [-0.39, 0.29) is 30.2 Å². The minimum Gasteiger partial charge on any atom is -0.444 e. The van der Waals surface area contributed by atoms with E-state index in [9.17, 15) is 22.4 Å². The molecule has 156 valence electrons. The van der Waals surface area contributed by atoms with Crippen molar-refractivity contribution in [1.82, 2.24) is 9.62 Å². The Hall–Kier alpha value is -1.65. The van der Waals surface area contributed by atoms with Gasteiger partial charge in [0.1, 0.15) is 17.2 Å². The van der Waals surface area contributed by atoms with Gasteiger partial charge in [-0.05, 0) is 45.0 Å². The van der Waals surface area contributed by atoms with E-state index in [1.807, 2.05) is 0 Å². The van der Waals surface area contributed by atoms with E-state index in [1.54, 1.807) is 20.8 Å². The Morgan fingerprint density at radius 1 is 1.32 bits per heavy atom. The second-order valence-corrected chi connectivity index (χ2v) is 10.6. The number of hydrogen-bond acceptors (Lipinski definition) is 6. The number of alkyl carbamates (subject to hydrolysis) is 1. The van der Waals surface area contributed by atoms with E-state index < -0.39 is 32.8 Å². The number of benzene rings is 1. The monoisotopic (exact) mass is 432 g/mol. The van der Waals surface area contributed by atoms with Crippen LogP contribution >= 0.6 is 11.8 Å². The molecule has 1 aliphatic heterocycles. The maximum Gasteiger partial charge on any atom is 0.407 e. The maximum absolute atomic E-state index is 13.1. The van der Waals surface area contributed by atoms with Gasteiger partial charge in [-0.15, -0.1) is 11.8 Å². The third kappa shape index (κ3) is 6.46. The van der Waals surface area contributed by atoms with Crippen molar-refractivity contribution >= 4 is 33.7 Å². The number of ketones is 1. The van der Waals surface area contributed by atoms with Crippen molar-refractivity contribution in [2.75, 3.05) is 25.4 Å². The predicted octanol–water partition coefficient (Wildman–Crippen LogP) is 2.42. The van der Waals surface area contributed by atoms with E-state index in [4.69, 9.17) is 4.74 Å². The van der Waals surface area contributed by atoms with Gasteiger partial charge in [0, 0.05) is 31.8 Å². The fourth-order valence-corrected chi connectivity index (χ4v) is 5.21. The number of carbonyl (C=O) groups is 2. The molecule has 28 heavy (non-hydrogen) atoms. The van der Waals surface area contributed by atoms with Crippen molar-refractivity contribution in [3.63, 3.8) is 0 Å². The Bertz CT molecular complexity index is 806. The average Bonchev–Trinajstić information content (AvgIpc) is 2.58. The Morgan fingerprint density at radius 3 is 2.57 bits per heavy atom. The summed E-state index contributed by atoms with van der Waals surface area (Å²) in [4.78, 5) is 23.8. The Balaban J connectivity index is 1.89. The van der Waals surface area contributed by atoms with Crippen molar-refractivity contribution in [3.05, 3.63) is 30.1 Å². The molecule has 7 nitrogen and oxygen atoms in total. The third-order valence-electron chi connectivity index (χ3n) is 3.88. The van der Waals surface area contributed by atoms with Gasteiger partial charge in [-0.1, -0.05) is 0 Å². The first-order valence-electron chi connectivity index (χ1n) is 8.86. The van der Waals surface area contributed by atoms with E-state index in [2.05, 4.69) is 5.32 Å². The predicted molar refractivity (Wildman–Crippen MR) is 105 cm³/mol. The van der Waals surface area contributed by atoms with Crippen LogP contribution in [-0.4, -0.2) is 60.8 Å². The van der Waals surface area contributed by atoms with Gasteiger partial charge in [-0.2, -0.15) is 4.31 Å². The first-order valence-corrected chi connectivity index (χ1v) is 11.3. The summed E-state index contributed by atoms with van der Waals surface area (Å²) in [6, 6.07) is 4.62. The first kappa shape index (κ1) is 22.6. The van der Waals surface area contributed by atoms with Crippen molar-refractivity contribution in [3.8, 4) is 0 Å². The zero-order valence-corrected chi connectivity index (χ0v) is 17.7. The van der Waals surface area contributed by atoms with E-state index in [0.29, 0.717) is 12.3 Å². The number of halogens is 1. The van der Waals surface area contributed by atoms with E-state index >= 15 is 0 Å². The zero-order valence-electron chi connectivity index (χ0n) is 16.1. The number of thioether (sulfide) groups is 1. The van der Waals surface area contributed by atoms with Crippen molar-refractivity contribution in [1.29, 1.82) is 0 Å². The number of amides is 1. The van der Waals surface area contributed by atoms with Crippen LogP contribution in [0, 0.1) is 5.82 Å². The van der Waals surface area contributed by atoms with Crippen LogP contribution in [0.5, 0.6) is 0 Å². The molecular weight excluding hydrogens is 407 g/mol. The summed E-state index contributed by atoms with van der Waals surface area (Å²) < 4.78 is 44.9. The van der Waals surface area contributed by atoms with E-state index in [1.165, 1.54) is 28.2 Å². The number of carbonyl (C=O) groups excluding carboxylic acids is 2. The molecule has 2 rings (SSSR count). The SMILES string of the molecule is CC(C)(C)OC(=O)NCCSC1CN(S(=O)(=O)c2ccc(F)cc2)CCC1=O.